The van der Waals surface area contributed by atoms with Gasteiger partial charge in [0.05, 0.1) is 10.6 Å². The van der Waals surface area contributed by atoms with Gasteiger partial charge >= 0.3 is 0 Å². The van der Waals surface area contributed by atoms with Gasteiger partial charge in [-0.2, -0.15) is 0 Å². The van der Waals surface area contributed by atoms with Gasteiger partial charge in [0.15, 0.2) is 5.58 Å². The van der Waals surface area contributed by atoms with Crippen LogP contribution in [0, 0.1) is 3.57 Å². The normalized spacial score (nSPS) is 10.9. The van der Waals surface area contributed by atoms with Crippen molar-refractivity contribution in [1.82, 2.24) is 4.98 Å². The fourth-order valence-electron chi connectivity index (χ4n) is 2.59. The average Bonchev–Trinajstić information content (AvgIpc) is 3.07. The molecule has 0 aliphatic heterocycles. The fourth-order valence-corrected chi connectivity index (χ4v) is 3.52. The lowest BCUT2D eigenvalue weighted by Crippen LogP contribution is -2.12. The Kier molecular flexibility index (Phi) is 5.21. The van der Waals surface area contributed by atoms with E-state index in [0.29, 0.717) is 33.3 Å². The van der Waals surface area contributed by atoms with E-state index >= 15 is 0 Å². The molecule has 0 unspecified atom stereocenters. The molecule has 0 aliphatic rings. The van der Waals surface area contributed by atoms with Crippen LogP contribution in [0.15, 0.2) is 69.6 Å². The van der Waals surface area contributed by atoms with Gasteiger partial charge in [0.1, 0.15) is 5.52 Å². The summed E-state index contributed by atoms with van der Waals surface area (Å²) in [5.41, 5.74) is 3.23. The van der Waals surface area contributed by atoms with Gasteiger partial charge in [-0.1, -0.05) is 27.5 Å². The number of carbonyl (C=O) groups excluding carboxylic acids is 1. The van der Waals surface area contributed by atoms with E-state index in [0.717, 1.165) is 13.6 Å². The number of hydrogen-bond donors (Lipinski definition) is 1. The highest BCUT2D eigenvalue weighted by Gasteiger charge is 2.13. The Morgan fingerprint density at radius 3 is 2.63 bits per heavy atom. The number of nitrogens with zero attached hydrogens (tertiary/aromatic N) is 1. The molecule has 4 nitrogen and oxygen atoms in total. The summed E-state index contributed by atoms with van der Waals surface area (Å²) in [7, 11) is 0. The maximum atomic E-state index is 12.5. The van der Waals surface area contributed by atoms with Crippen LogP contribution in [-0.2, 0) is 0 Å². The topological polar surface area (TPSA) is 55.1 Å². The monoisotopic (exact) mass is 552 g/mol. The third kappa shape index (κ3) is 4.02. The molecule has 0 saturated heterocycles. The molecule has 4 aromatic rings. The zero-order valence-electron chi connectivity index (χ0n) is 13.7. The predicted molar refractivity (Wildman–Crippen MR) is 119 cm³/mol. The molecule has 1 amide bonds. The number of aromatic nitrogens is 1. The highest BCUT2D eigenvalue weighted by atomic mass is 127. The van der Waals surface area contributed by atoms with Crippen molar-refractivity contribution >= 4 is 72.8 Å². The third-order valence-corrected chi connectivity index (χ3v) is 5.45. The summed E-state index contributed by atoms with van der Waals surface area (Å²) in [5, 5.41) is 3.24. The van der Waals surface area contributed by atoms with Gasteiger partial charge in [-0.25, -0.2) is 4.98 Å². The van der Waals surface area contributed by atoms with Crippen LogP contribution in [0.4, 0.5) is 5.69 Å². The highest BCUT2D eigenvalue weighted by Crippen LogP contribution is 2.27. The number of benzene rings is 3. The Balaban J connectivity index is 1.62. The second kappa shape index (κ2) is 7.61. The second-order valence-corrected chi connectivity index (χ2v) is 8.36. The van der Waals surface area contributed by atoms with Gasteiger partial charge in [0.2, 0.25) is 5.89 Å². The predicted octanol–water partition coefficient (Wildman–Crippen LogP) is 6.77. The first-order chi connectivity index (χ1) is 13.0. The molecule has 0 spiro atoms. The SMILES string of the molecule is O=C(Nc1ccc2oc(-c3ccc(I)cc3)nc2c1)c1cc(Br)ccc1Cl. The Bertz CT molecular complexity index is 1160. The van der Waals surface area contributed by atoms with Crippen LogP contribution in [0.5, 0.6) is 0 Å². The largest absolute Gasteiger partial charge is 0.436 e. The number of hydrogen-bond acceptors (Lipinski definition) is 3. The zero-order chi connectivity index (χ0) is 19.0. The van der Waals surface area contributed by atoms with Gasteiger partial charge in [-0.3, -0.25) is 4.79 Å². The third-order valence-electron chi connectivity index (χ3n) is 3.91. The van der Waals surface area contributed by atoms with Crippen molar-refractivity contribution in [3.63, 3.8) is 0 Å². The molecule has 3 aromatic carbocycles. The number of amides is 1. The quantitative estimate of drug-likeness (QED) is 0.285. The van der Waals surface area contributed by atoms with Crippen molar-refractivity contribution in [2.45, 2.75) is 0 Å². The van der Waals surface area contributed by atoms with Gasteiger partial charge in [0.25, 0.3) is 5.91 Å². The van der Waals surface area contributed by atoms with Crippen LogP contribution in [0.25, 0.3) is 22.6 Å². The Morgan fingerprint density at radius 1 is 1.07 bits per heavy atom. The number of nitrogens with one attached hydrogen (secondary N) is 1. The number of anilines is 1. The smallest absolute Gasteiger partial charge is 0.257 e. The van der Waals surface area contributed by atoms with Crippen LogP contribution in [0.2, 0.25) is 5.02 Å². The number of fused-ring (bicyclic) bond motifs is 1. The summed E-state index contributed by atoms with van der Waals surface area (Å²) >= 11 is 11.7. The Labute approximate surface area is 182 Å². The number of oxazole rings is 1. The molecule has 1 aromatic heterocycles. The zero-order valence-corrected chi connectivity index (χ0v) is 18.2. The van der Waals surface area contributed by atoms with Crippen LogP contribution in [-0.4, -0.2) is 10.9 Å². The van der Waals surface area contributed by atoms with E-state index in [2.05, 4.69) is 48.8 Å². The van der Waals surface area contributed by atoms with Crippen LogP contribution < -0.4 is 5.32 Å². The summed E-state index contributed by atoms with van der Waals surface area (Å²) in [6, 6.07) is 18.4. The molecule has 0 bridgehead atoms. The highest BCUT2D eigenvalue weighted by molar-refractivity contribution is 14.1. The summed E-state index contributed by atoms with van der Waals surface area (Å²) in [6.45, 7) is 0. The molecule has 4 rings (SSSR count). The van der Waals surface area contributed by atoms with Crippen molar-refractivity contribution < 1.29 is 9.21 Å². The van der Waals surface area contributed by atoms with Crippen molar-refractivity contribution in [1.29, 1.82) is 0 Å². The molecule has 0 atom stereocenters. The molecular weight excluding hydrogens is 542 g/mol. The van der Waals surface area contributed by atoms with Crippen molar-refractivity contribution in [3.05, 3.63) is 79.3 Å². The summed E-state index contributed by atoms with van der Waals surface area (Å²) < 4.78 is 7.75. The lowest BCUT2D eigenvalue weighted by Gasteiger charge is -2.07. The average molecular weight is 554 g/mol. The van der Waals surface area contributed by atoms with Crippen LogP contribution >= 0.6 is 50.1 Å². The first-order valence-corrected chi connectivity index (χ1v) is 10.2. The molecule has 0 saturated carbocycles. The molecule has 134 valence electrons. The number of carbonyl (C=O) groups is 1. The first kappa shape index (κ1) is 18.5. The molecule has 0 fully saturated rings. The van der Waals surface area contributed by atoms with Gasteiger partial charge < -0.3 is 9.73 Å². The summed E-state index contributed by atoms with van der Waals surface area (Å²) in [6.07, 6.45) is 0. The molecule has 1 heterocycles. The number of halogens is 3. The standard InChI is InChI=1S/C20H11BrClIN2O2/c21-12-3-7-16(22)15(9-12)19(26)24-14-6-8-18-17(10-14)25-20(27-18)11-1-4-13(23)5-2-11/h1-10H,(H,24,26). The van der Waals surface area contributed by atoms with E-state index in [9.17, 15) is 4.79 Å². The Hall–Kier alpha value is -1.90. The molecule has 27 heavy (non-hydrogen) atoms. The summed E-state index contributed by atoms with van der Waals surface area (Å²) in [4.78, 5) is 17.1. The van der Waals surface area contributed by atoms with E-state index in [1.165, 1.54) is 0 Å². The van der Waals surface area contributed by atoms with Gasteiger partial charge in [-0.15, -0.1) is 0 Å². The minimum Gasteiger partial charge on any atom is -0.436 e. The van der Waals surface area contributed by atoms with E-state index in [-0.39, 0.29) is 5.91 Å². The Morgan fingerprint density at radius 2 is 1.85 bits per heavy atom. The number of rotatable bonds is 3. The molecule has 1 N–H and O–H groups in total. The van der Waals surface area contributed by atoms with E-state index < -0.39 is 0 Å². The molecule has 0 aliphatic carbocycles. The van der Waals surface area contributed by atoms with Gasteiger partial charge in [-0.05, 0) is 83.3 Å². The van der Waals surface area contributed by atoms with Crippen LogP contribution in [0.3, 0.4) is 0 Å². The van der Waals surface area contributed by atoms with Crippen LogP contribution in [0.1, 0.15) is 10.4 Å². The molecule has 7 heteroatoms. The molecule has 0 radical (unpaired) electrons. The minimum atomic E-state index is -0.290. The van der Waals surface area contributed by atoms with E-state index in [1.807, 2.05) is 24.3 Å². The van der Waals surface area contributed by atoms with E-state index in [1.54, 1.807) is 36.4 Å². The fraction of sp³-hybridized carbons (Fsp3) is 0. The van der Waals surface area contributed by atoms with E-state index in [4.69, 9.17) is 16.0 Å². The maximum absolute atomic E-state index is 12.5. The first-order valence-electron chi connectivity index (χ1n) is 7.92. The molecular formula is C20H11BrClIN2O2. The van der Waals surface area contributed by atoms with Crippen molar-refractivity contribution in [3.8, 4) is 11.5 Å². The van der Waals surface area contributed by atoms with Crippen molar-refractivity contribution in [2.75, 3.05) is 5.32 Å². The second-order valence-electron chi connectivity index (χ2n) is 5.79. The summed E-state index contributed by atoms with van der Waals surface area (Å²) in [5.74, 6) is 0.252. The van der Waals surface area contributed by atoms with Gasteiger partial charge in [0, 0.05) is 19.3 Å². The maximum Gasteiger partial charge on any atom is 0.257 e. The lowest BCUT2D eigenvalue weighted by molar-refractivity contribution is 0.102. The minimum absolute atomic E-state index is 0.290. The lowest BCUT2D eigenvalue weighted by atomic mass is 10.2. The van der Waals surface area contributed by atoms with Crippen molar-refractivity contribution in [2.24, 2.45) is 0 Å².